The zero-order valence-corrected chi connectivity index (χ0v) is 13.6. The van der Waals surface area contributed by atoms with Crippen molar-refractivity contribution >= 4 is 6.03 Å². The normalized spacial score (nSPS) is 21.1. The van der Waals surface area contributed by atoms with E-state index in [1.165, 1.54) is 0 Å². The Morgan fingerprint density at radius 2 is 2.09 bits per heavy atom. The summed E-state index contributed by atoms with van der Waals surface area (Å²) in [6.07, 6.45) is 1.03. The van der Waals surface area contributed by atoms with Gasteiger partial charge < -0.3 is 20.1 Å². The van der Waals surface area contributed by atoms with Crippen LogP contribution >= 0.6 is 0 Å². The number of hydrogen-bond acceptors (Lipinski definition) is 3. The predicted molar refractivity (Wildman–Crippen MR) is 85.6 cm³/mol. The SMILES string of the molecule is CC(C)OCc1ccccc1CNC(=O)N[C@@]1(C)CCOC1. The van der Waals surface area contributed by atoms with E-state index < -0.39 is 0 Å². The van der Waals surface area contributed by atoms with Crippen molar-refractivity contribution in [3.05, 3.63) is 35.4 Å². The molecule has 2 amide bonds. The molecular weight excluding hydrogens is 280 g/mol. The van der Waals surface area contributed by atoms with E-state index in [4.69, 9.17) is 9.47 Å². The Balaban J connectivity index is 1.86. The summed E-state index contributed by atoms with van der Waals surface area (Å²) in [5.74, 6) is 0. The van der Waals surface area contributed by atoms with E-state index in [9.17, 15) is 4.79 Å². The van der Waals surface area contributed by atoms with Crippen molar-refractivity contribution in [2.45, 2.75) is 52.0 Å². The lowest BCUT2D eigenvalue weighted by Gasteiger charge is -2.23. The van der Waals surface area contributed by atoms with Crippen molar-refractivity contribution in [3.63, 3.8) is 0 Å². The molecule has 2 N–H and O–H groups in total. The molecule has 1 atom stereocenters. The van der Waals surface area contributed by atoms with Gasteiger partial charge in [-0.05, 0) is 38.3 Å². The van der Waals surface area contributed by atoms with Gasteiger partial charge in [-0.3, -0.25) is 0 Å². The molecule has 1 aromatic rings. The monoisotopic (exact) mass is 306 g/mol. The first-order valence-corrected chi connectivity index (χ1v) is 7.81. The standard InChI is InChI=1S/C17H26N2O3/c1-13(2)22-11-15-7-5-4-6-14(15)10-18-16(20)19-17(3)8-9-21-12-17/h4-7,13H,8-12H2,1-3H3,(H2,18,19,20)/t17-/m0/s1. The third kappa shape index (κ3) is 5.00. The highest BCUT2D eigenvalue weighted by Crippen LogP contribution is 2.17. The molecule has 5 heteroatoms. The number of urea groups is 1. The van der Waals surface area contributed by atoms with Crippen molar-refractivity contribution in [2.75, 3.05) is 13.2 Å². The molecule has 0 unspecified atom stereocenters. The molecule has 0 spiro atoms. The first-order chi connectivity index (χ1) is 10.5. The second-order valence-electron chi connectivity index (χ2n) is 6.30. The number of nitrogens with one attached hydrogen (secondary N) is 2. The molecule has 0 radical (unpaired) electrons. The van der Waals surface area contributed by atoms with E-state index in [0.29, 0.717) is 26.4 Å². The Kier molecular flexibility index (Phi) is 5.80. The Bertz CT molecular complexity index is 496. The van der Waals surface area contributed by atoms with Crippen LogP contribution in [0.1, 0.15) is 38.3 Å². The van der Waals surface area contributed by atoms with Gasteiger partial charge in [0.05, 0.1) is 24.9 Å². The number of carbonyl (C=O) groups excluding carboxylic acids is 1. The van der Waals surface area contributed by atoms with Gasteiger partial charge >= 0.3 is 6.03 Å². The first kappa shape index (κ1) is 16.8. The van der Waals surface area contributed by atoms with Crippen LogP contribution in [0.3, 0.4) is 0 Å². The Hall–Kier alpha value is -1.59. The van der Waals surface area contributed by atoms with Crippen LogP contribution in [-0.4, -0.2) is 30.9 Å². The van der Waals surface area contributed by atoms with Gasteiger partial charge in [-0.25, -0.2) is 4.79 Å². The van der Waals surface area contributed by atoms with E-state index in [0.717, 1.165) is 17.5 Å². The molecule has 1 aliphatic rings. The minimum Gasteiger partial charge on any atom is -0.379 e. The Morgan fingerprint density at radius 3 is 2.73 bits per heavy atom. The maximum absolute atomic E-state index is 12.0. The van der Waals surface area contributed by atoms with Crippen molar-refractivity contribution in [2.24, 2.45) is 0 Å². The zero-order valence-electron chi connectivity index (χ0n) is 13.6. The molecule has 1 aromatic carbocycles. The average molecular weight is 306 g/mol. The minimum atomic E-state index is -0.260. The highest BCUT2D eigenvalue weighted by atomic mass is 16.5. The van der Waals surface area contributed by atoms with Gasteiger partial charge in [0.25, 0.3) is 0 Å². The van der Waals surface area contributed by atoms with Gasteiger partial charge in [-0.1, -0.05) is 24.3 Å². The van der Waals surface area contributed by atoms with E-state index >= 15 is 0 Å². The van der Waals surface area contributed by atoms with Crippen molar-refractivity contribution < 1.29 is 14.3 Å². The fourth-order valence-electron chi connectivity index (χ4n) is 2.39. The summed E-state index contributed by atoms with van der Waals surface area (Å²) in [5, 5.41) is 5.91. The molecule has 1 aliphatic heterocycles. The smallest absolute Gasteiger partial charge is 0.315 e. The fraction of sp³-hybridized carbons (Fsp3) is 0.588. The first-order valence-electron chi connectivity index (χ1n) is 7.81. The number of benzene rings is 1. The van der Waals surface area contributed by atoms with E-state index in [2.05, 4.69) is 10.6 Å². The molecular formula is C17H26N2O3. The summed E-state index contributed by atoms with van der Waals surface area (Å²) in [7, 11) is 0. The summed E-state index contributed by atoms with van der Waals surface area (Å²) < 4.78 is 11.0. The second kappa shape index (κ2) is 7.61. The van der Waals surface area contributed by atoms with Gasteiger partial charge in [0.1, 0.15) is 0 Å². The van der Waals surface area contributed by atoms with Crippen molar-refractivity contribution in [1.82, 2.24) is 10.6 Å². The van der Waals surface area contributed by atoms with Crippen molar-refractivity contribution in [1.29, 1.82) is 0 Å². The lowest BCUT2D eigenvalue weighted by Crippen LogP contribution is -2.50. The molecule has 0 saturated carbocycles. The van der Waals surface area contributed by atoms with Crippen LogP contribution in [0.5, 0.6) is 0 Å². The largest absolute Gasteiger partial charge is 0.379 e. The number of amides is 2. The van der Waals surface area contributed by atoms with E-state index in [1.807, 2.05) is 45.0 Å². The molecule has 1 saturated heterocycles. The molecule has 5 nitrogen and oxygen atoms in total. The number of ether oxygens (including phenoxy) is 2. The fourth-order valence-corrected chi connectivity index (χ4v) is 2.39. The lowest BCUT2D eigenvalue weighted by atomic mass is 10.0. The van der Waals surface area contributed by atoms with Gasteiger partial charge in [-0.2, -0.15) is 0 Å². The van der Waals surface area contributed by atoms with Crippen LogP contribution in [-0.2, 0) is 22.6 Å². The van der Waals surface area contributed by atoms with Crippen LogP contribution < -0.4 is 10.6 Å². The molecule has 1 fully saturated rings. The molecule has 2 rings (SSSR count). The zero-order chi connectivity index (χ0) is 16.0. The lowest BCUT2D eigenvalue weighted by molar-refractivity contribution is 0.0652. The molecule has 0 aliphatic carbocycles. The van der Waals surface area contributed by atoms with Gasteiger partial charge in [0, 0.05) is 13.2 Å². The Morgan fingerprint density at radius 1 is 1.36 bits per heavy atom. The highest BCUT2D eigenvalue weighted by Gasteiger charge is 2.31. The second-order valence-corrected chi connectivity index (χ2v) is 6.30. The summed E-state index contributed by atoms with van der Waals surface area (Å²) in [6.45, 7) is 8.34. The molecule has 0 bridgehead atoms. The van der Waals surface area contributed by atoms with Crippen LogP contribution in [0.4, 0.5) is 4.79 Å². The van der Waals surface area contributed by atoms with E-state index in [-0.39, 0.29) is 17.7 Å². The third-order valence-corrected chi connectivity index (χ3v) is 3.76. The third-order valence-electron chi connectivity index (χ3n) is 3.76. The maximum Gasteiger partial charge on any atom is 0.315 e. The van der Waals surface area contributed by atoms with Crippen molar-refractivity contribution in [3.8, 4) is 0 Å². The molecule has 0 aromatic heterocycles. The molecule has 22 heavy (non-hydrogen) atoms. The maximum atomic E-state index is 12.0. The van der Waals surface area contributed by atoms with E-state index in [1.54, 1.807) is 0 Å². The van der Waals surface area contributed by atoms with Gasteiger partial charge in [-0.15, -0.1) is 0 Å². The van der Waals surface area contributed by atoms with Gasteiger partial charge in [0.2, 0.25) is 0 Å². The predicted octanol–water partition coefficient (Wildman–Crippen LogP) is 2.59. The Labute approximate surface area is 132 Å². The number of hydrogen-bond donors (Lipinski definition) is 2. The average Bonchev–Trinajstić information content (AvgIpc) is 2.90. The highest BCUT2D eigenvalue weighted by molar-refractivity contribution is 5.74. The van der Waals surface area contributed by atoms with Crippen LogP contribution in [0.2, 0.25) is 0 Å². The van der Waals surface area contributed by atoms with Crippen LogP contribution in [0.25, 0.3) is 0 Å². The minimum absolute atomic E-state index is 0.160. The molecule has 1 heterocycles. The summed E-state index contributed by atoms with van der Waals surface area (Å²) in [5.41, 5.74) is 1.92. The topological polar surface area (TPSA) is 59.6 Å². The van der Waals surface area contributed by atoms with Crippen LogP contribution in [0.15, 0.2) is 24.3 Å². The molecule has 122 valence electrons. The summed E-state index contributed by atoms with van der Waals surface area (Å²) in [6, 6.07) is 7.84. The number of carbonyl (C=O) groups is 1. The summed E-state index contributed by atoms with van der Waals surface area (Å²) >= 11 is 0. The summed E-state index contributed by atoms with van der Waals surface area (Å²) in [4.78, 5) is 12.0. The van der Waals surface area contributed by atoms with Gasteiger partial charge in [0.15, 0.2) is 0 Å². The van der Waals surface area contributed by atoms with Crippen LogP contribution in [0, 0.1) is 0 Å². The quantitative estimate of drug-likeness (QED) is 0.849. The number of rotatable bonds is 6.